The molecule has 3 N–H and O–H groups in total. The van der Waals surface area contributed by atoms with Crippen molar-refractivity contribution >= 4 is 54.3 Å². The van der Waals surface area contributed by atoms with E-state index in [2.05, 4.69) is 16.1 Å². The van der Waals surface area contributed by atoms with Gasteiger partial charge in [-0.05, 0) is 152 Å². The first kappa shape index (κ1) is 60.8. The number of aliphatic carboxylic acids is 3. The van der Waals surface area contributed by atoms with Gasteiger partial charge in [0.1, 0.15) is 29.1 Å². The van der Waals surface area contributed by atoms with Crippen LogP contribution in [-0.2, 0) is 33.4 Å². The van der Waals surface area contributed by atoms with Crippen molar-refractivity contribution in [3.63, 3.8) is 0 Å². The molecule has 74 heavy (non-hydrogen) atoms. The van der Waals surface area contributed by atoms with Gasteiger partial charge in [-0.2, -0.15) is 8.68 Å². The first-order chi connectivity index (χ1) is 35.3. The second-order valence-corrected chi connectivity index (χ2v) is 17.0. The Morgan fingerprint density at radius 3 is 1.11 bits per heavy atom. The average Bonchev–Trinajstić information content (AvgIpc) is 4.15. The first-order valence-electron chi connectivity index (χ1n) is 23.1. The summed E-state index contributed by atoms with van der Waals surface area (Å²) in [5.41, 5.74) is 11.8. The smallest absolute Gasteiger partial charge is 0.413 e. The molecule has 4 unspecified atom stereocenters. The van der Waals surface area contributed by atoms with Crippen LogP contribution in [0.1, 0.15) is 91.0 Å². The van der Waals surface area contributed by atoms with Gasteiger partial charge in [-0.15, -0.1) is 0 Å². The fourth-order valence-electron chi connectivity index (χ4n) is 7.39. The number of carboxylic acids is 3. The SMILES string of the molecule is C=Cc1cccc(F)c1.CCOC(=O)C1CC1c1cccc(F)c1.CCOC(=O)C=[N+]=[N-].CSF.O=C(O)C1CC1c1cccc(F)c1.O=C(O)[C@H]1C[C@@H]1c1cccc(F)c1.O=C(O)[C@H]1C[C@@H]1c1cccc(F)c1. The summed E-state index contributed by atoms with van der Waals surface area (Å²) in [7, 11) is 0. The minimum absolute atomic E-state index is 0.0215. The molecule has 0 saturated heterocycles. The van der Waals surface area contributed by atoms with Crippen molar-refractivity contribution in [3.05, 3.63) is 190 Å². The van der Waals surface area contributed by atoms with Crippen molar-refractivity contribution < 1.29 is 79.4 Å². The van der Waals surface area contributed by atoms with E-state index < -0.39 is 23.9 Å². The Labute approximate surface area is 429 Å². The molecular formula is C55H56F6N2O10S. The third kappa shape index (κ3) is 21.7. The number of esters is 2. The van der Waals surface area contributed by atoms with Gasteiger partial charge in [0, 0.05) is 18.4 Å². The summed E-state index contributed by atoms with van der Waals surface area (Å²) in [5, 5.41) is 26.0. The van der Waals surface area contributed by atoms with Crippen LogP contribution in [-0.4, -0.2) is 75.6 Å². The molecule has 4 aliphatic carbocycles. The van der Waals surface area contributed by atoms with Gasteiger partial charge in [0.15, 0.2) is 0 Å². The summed E-state index contributed by atoms with van der Waals surface area (Å²) >= 11 is 0.250. The maximum absolute atomic E-state index is 12.9. The topological polar surface area (TPSA) is 201 Å². The molecule has 0 aromatic heterocycles. The summed E-state index contributed by atoms with van der Waals surface area (Å²) in [4.78, 5) is 55.5. The van der Waals surface area contributed by atoms with Crippen molar-refractivity contribution in [2.24, 2.45) is 23.7 Å². The maximum atomic E-state index is 12.9. The number of carboxylic acid groups (broad SMARTS) is 3. The Kier molecular flexibility index (Phi) is 25.6. The minimum atomic E-state index is -0.783. The number of nitrogens with zero attached hydrogens (tertiary/aromatic N) is 2. The molecule has 5 aromatic rings. The van der Waals surface area contributed by atoms with Crippen molar-refractivity contribution in [2.45, 2.75) is 63.2 Å². The fourth-order valence-corrected chi connectivity index (χ4v) is 7.39. The van der Waals surface area contributed by atoms with Gasteiger partial charge in [-0.25, -0.2) is 26.7 Å². The largest absolute Gasteiger partial charge is 0.481 e. The Balaban J connectivity index is 0.000000234. The second kappa shape index (κ2) is 31.2. The van der Waals surface area contributed by atoms with Gasteiger partial charge in [0.25, 0.3) is 0 Å². The number of carbonyl (C=O) groups excluding carboxylic acids is 2. The van der Waals surface area contributed by atoms with E-state index in [4.69, 9.17) is 25.6 Å². The highest BCUT2D eigenvalue weighted by Gasteiger charge is 2.46. The molecule has 4 saturated carbocycles. The molecule has 9 rings (SSSR count). The highest BCUT2D eigenvalue weighted by molar-refractivity contribution is 7.93. The zero-order chi connectivity index (χ0) is 54.9. The van der Waals surface area contributed by atoms with Gasteiger partial charge in [-0.3, -0.25) is 19.2 Å². The third-order valence-electron chi connectivity index (χ3n) is 11.3. The summed E-state index contributed by atoms with van der Waals surface area (Å²) in [6, 6.07) is 31.2. The van der Waals surface area contributed by atoms with Crippen LogP contribution in [0.15, 0.2) is 128 Å². The highest BCUT2D eigenvalue weighted by atomic mass is 32.2. The number of carbonyl (C=O) groups is 5. The average molecular weight is 1050 g/mol. The molecule has 0 spiro atoms. The van der Waals surface area contributed by atoms with E-state index in [0.29, 0.717) is 38.7 Å². The van der Waals surface area contributed by atoms with E-state index in [1.165, 1.54) is 66.9 Å². The molecule has 394 valence electrons. The van der Waals surface area contributed by atoms with Crippen LogP contribution < -0.4 is 0 Å². The molecule has 0 aliphatic heterocycles. The second-order valence-electron chi connectivity index (χ2n) is 16.7. The zero-order valence-corrected chi connectivity index (χ0v) is 41.4. The Hall–Kier alpha value is -7.50. The molecule has 5 aromatic carbocycles. The lowest BCUT2D eigenvalue weighted by Gasteiger charge is -2.01. The van der Waals surface area contributed by atoms with Crippen LogP contribution in [0, 0.1) is 52.8 Å². The van der Waals surface area contributed by atoms with E-state index in [0.717, 1.165) is 34.2 Å². The highest BCUT2D eigenvalue weighted by Crippen LogP contribution is 2.50. The number of hydrogen-bond acceptors (Lipinski definition) is 8. The lowest BCUT2D eigenvalue weighted by molar-refractivity contribution is -0.145. The monoisotopic (exact) mass is 1050 g/mol. The normalized spacial score (nSPS) is 20.4. The molecule has 19 heteroatoms. The fraction of sp³-hybridized carbons (Fsp3) is 0.309. The van der Waals surface area contributed by atoms with Gasteiger partial charge in [0.05, 0.1) is 36.9 Å². The van der Waals surface area contributed by atoms with Crippen LogP contribution in [0.5, 0.6) is 0 Å². The van der Waals surface area contributed by atoms with Gasteiger partial charge in [0.2, 0.25) is 0 Å². The molecule has 12 nitrogen and oxygen atoms in total. The molecule has 0 bridgehead atoms. The number of benzene rings is 5. The van der Waals surface area contributed by atoms with E-state index >= 15 is 0 Å². The van der Waals surface area contributed by atoms with Crippen LogP contribution in [0.2, 0.25) is 0 Å². The van der Waals surface area contributed by atoms with Gasteiger partial charge in [-0.1, -0.05) is 73.3 Å². The lowest BCUT2D eigenvalue weighted by atomic mass is 10.1. The minimum Gasteiger partial charge on any atom is -0.481 e. The Morgan fingerprint density at radius 2 is 0.865 bits per heavy atom. The molecule has 4 fully saturated rings. The first-order valence-corrected chi connectivity index (χ1v) is 24.2. The van der Waals surface area contributed by atoms with Gasteiger partial charge >= 0.3 is 36.1 Å². The Morgan fingerprint density at radius 1 is 0.568 bits per heavy atom. The molecular weight excluding hydrogens is 995 g/mol. The van der Waals surface area contributed by atoms with Crippen molar-refractivity contribution in [1.29, 1.82) is 0 Å². The Bertz CT molecular complexity index is 2560. The quantitative estimate of drug-likeness (QED) is 0.0353. The van der Waals surface area contributed by atoms with Crippen LogP contribution in [0.3, 0.4) is 0 Å². The zero-order valence-electron chi connectivity index (χ0n) is 40.5. The number of halogens is 6. The van der Waals surface area contributed by atoms with Crippen molar-refractivity contribution in [1.82, 2.24) is 0 Å². The summed E-state index contributed by atoms with van der Waals surface area (Å²) in [6.45, 7) is 7.67. The standard InChI is InChI=1S/C12H13FO2.3C10H9FO2.C8H7F.C4H6N2O2.CH3FS/c1-2-15-12(14)11-7-10(11)8-4-3-5-9(13)6-8;3*11-7-3-1-2-6(4-7)8-5-9(8)10(12)13;1-2-7-4-3-5-8(9)6-7;1-2-8-4(7)3-6-5;1-3-2/h3-6,10-11H,2,7H2,1H3;3*1-4,8-9H,5H2,(H,12,13);2-6H,1H2;3H,2H2,1H3;1H3/t;2*8-,9+;;;;/m.11..../s1. The van der Waals surface area contributed by atoms with E-state index in [9.17, 15) is 49.8 Å². The maximum Gasteiger partial charge on any atom is 0.413 e. The molecule has 4 aliphatic rings. The van der Waals surface area contributed by atoms with E-state index in [1.54, 1.807) is 74.5 Å². The van der Waals surface area contributed by atoms with Gasteiger partial charge < -0.3 is 30.3 Å². The summed E-state index contributed by atoms with van der Waals surface area (Å²) < 4.78 is 82.9. The molecule has 0 heterocycles. The predicted octanol–water partition coefficient (Wildman–Crippen LogP) is 12.1. The van der Waals surface area contributed by atoms with Crippen molar-refractivity contribution in [2.75, 3.05) is 19.5 Å². The van der Waals surface area contributed by atoms with E-state index in [1.807, 2.05) is 6.07 Å². The number of ether oxygens (including phenoxy) is 2. The van der Waals surface area contributed by atoms with Crippen molar-refractivity contribution in [3.8, 4) is 0 Å². The van der Waals surface area contributed by atoms with Crippen LogP contribution >= 0.6 is 12.1 Å². The molecule has 0 radical (unpaired) electrons. The molecule has 0 amide bonds. The third-order valence-corrected chi connectivity index (χ3v) is 11.3. The van der Waals surface area contributed by atoms with E-state index in [-0.39, 0.29) is 94.5 Å². The van der Waals surface area contributed by atoms with Crippen LogP contribution in [0.4, 0.5) is 25.8 Å². The number of rotatable bonds is 12. The molecule has 8 atom stereocenters. The lowest BCUT2D eigenvalue weighted by Crippen LogP contribution is -2.07. The number of hydrogen-bond donors (Lipinski definition) is 3. The summed E-state index contributed by atoms with van der Waals surface area (Å²) in [5.74, 6) is -5.25. The van der Waals surface area contributed by atoms with Crippen LogP contribution in [0.25, 0.3) is 11.6 Å². The summed E-state index contributed by atoms with van der Waals surface area (Å²) in [6.07, 6.45) is 6.38. The predicted molar refractivity (Wildman–Crippen MR) is 266 cm³/mol.